The number of hydrogen-bond donors (Lipinski definition) is 1. The predicted octanol–water partition coefficient (Wildman–Crippen LogP) is 1.46. The van der Waals surface area contributed by atoms with Gasteiger partial charge in [0.15, 0.2) is 4.67 Å². The topological polar surface area (TPSA) is 59.5 Å². The molecule has 0 radical (unpaired) electrons. The fourth-order valence-electron chi connectivity index (χ4n) is 0.984. The van der Waals surface area contributed by atoms with E-state index in [0.717, 1.165) is 0 Å². The van der Waals surface area contributed by atoms with Gasteiger partial charge in [0.05, 0.1) is 5.56 Å². The van der Waals surface area contributed by atoms with Crippen molar-refractivity contribution in [1.82, 2.24) is 4.90 Å². The zero-order valence-corrected chi connectivity index (χ0v) is 9.74. The summed E-state index contributed by atoms with van der Waals surface area (Å²) in [5.41, 5.74) is 5.99. The molecule has 1 atom stereocenters. The second-order valence-electron chi connectivity index (χ2n) is 3.14. The van der Waals surface area contributed by atoms with Gasteiger partial charge in [0, 0.05) is 25.7 Å². The molecule has 1 aromatic rings. The van der Waals surface area contributed by atoms with Crippen LogP contribution in [0.3, 0.4) is 0 Å². The molecule has 0 saturated heterocycles. The Kier molecular flexibility index (Phi) is 3.71. The predicted molar refractivity (Wildman–Crippen MR) is 57.0 cm³/mol. The number of halogens is 1. The van der Waals surface area contributed by atoms with Gasteiger partial charge in [0.25, 0.3) is 5.91 Å². The smallest absolute Gasteiger partial charge is 0.257 e. The molecule has 0 aliphatic heterocycles. The Morgan fingerprint density at radius 2 is 2.43 bits per heavy atom. The molecule has 1 heterocycles. The number of furan rings is 1. The van der Waals surface area contributed by atoms with Gasteiger partial charge in [-0.3, -0.25) is 4.79 Å². The summed E-state index contributed by atoms with van der Waals surface area (Å²) in [6, 6.07) is 1.67. The molecular weight excluding hydrogens is 248 g/mol. The summed E-state index contributed by atoms with van der Waals surface area (Å²) in [7, 11) is 1.72. The molecule has 1 amide bonds. The molecule has 78 valence electrons. The van der Waals surface area contributed by atoms with E-state index in [2.05, 4.69) is 15.9 Å². The van der Waals surface area contributed by atoms with Crippen LogP contribution in [0.2, 0.25) is 0 Å². The van der Waals surface area contributed by atoms with Crippen molar-refractivity contribution in [2.24, 2.45) is 5.73 Å². The molecule has 14 heavy (non-hydrogen) atoms. The molecule has 0 saturated carbocycles. The van der Waals surface area contributed by atoms with E-state index in [-0.39, 0.29) is 11.9 Å². The number of carbonyl (C=O) groups is 1. The van der Waals surface area contributed by atoms with Crippen molar-refractivity contribution in [2.45, 2.75) is 13.0 Å². The molecule has 0 bridgehead atoms. The molecule has 0 spiro atoms. The largest absolute Gasteiger partial charge is 0.457 e. The molecule has 4 nitrogen and oxygen atoms in total. The van der Waals surface area contributed by atoms with E-state index in [0.29, 0.717) is 16.8 Å². The maximum Gasteiger partial charge on any atom is 0.257 e. The first-order valence-corrected chi connectivity index (χ1v) is 5.06. The Labute approximate surface area is 91.2 Å². The Balaban J connectivity index is 2.75. The lowest BCUT2D eigenvalue weighted by Crippen LogP contribution is -2.39. The highest BCUT2D eigenvalue weighted by Gasteiger charge is 2.17. The first kappa shape index (κ1) is 11.3. The second kappa shape index (κ2) is 4.61. The van der Waals surface area contributed by atoms with Crippen LogP contribution in [0.25, 0.3) is 0 Å². The van der Waals surface area contributed by atoms with Crippen LogP contribution in [0, 0.1) is 0 Å². The average Bonchev–Trinajstić information content (AvgIpc) is 2.61. The number of rotatable bonds is 3. The van der Waals surface area contributed by atoms with Crippen LogP contribution in [0.5, 0.6) is 0 Å². The highest BCUT2D eigenvalue weighted by atomic mass is 79.9. The summed E-state index contributed by atoms with van der Waals surface area (Å²) >= 11 is 3.14. The molecule has 5 heteroatoms. The SMILES string of the molecule is CC(CN)N(C)C(=O)c1coc(Br)c1. The highest BCUT2D eigenvalue weighted by Crippen LogP contribution is 2.15. The molecule has 0 aliphatic rings. The zero-order valence-electron chi connectivity index (χ0n) is 8.16. The van der Waals surface area contributed by atoms with Crippen molar-refractivity contribution in [1.29, 1.82) is 0 Å². The fraction of sp³-hybridized carbons (Fsp3) is 0.444. The van der Waals surface area contributed by atoms with Crippen LogP contribution in [-0.4, -0.2) is 30.4 Å². The van der Waals surface area contributed by atoms with Crippen LogP contribution < -0.4 is 5.73 Å². The van der Waals surface area contributed by atoms with Crippen molar-refractivity contribution in [3.05, 3.63) is 22.6 Å². The summed E-state index contributed by atoms with van der Waals surface area (Å²) in [6.45, 7) is 2.34. The van der Waals surface area contributed by atoms with E-state index in [1.54, 1.807) is 18.0 Å². The van der Waals surface area contributed by atoms with Gasteiger partial charge in [-0.2, -0.15) is 0 Å². The lowest BCUT2D eigenvalue weighted by molar-refractivity contribution is 0.0747. The van der Waals surface area contributed by atoms with Crippen molar-refractivity contribution >= 4 is 21.8 Å². The molecule has 0 fully saturated rings. The first-order valence-electron chi connectivity index (χ1n) is 4.27. The summed E-state index contributed by atoms with van der Waals surface area (Å²) in [5, 5.41) is 0. The van der Waals surface area contributed by atoms with Gasteiger partial charge in [0.2, 0.25) is 0 Å². The number of likely N-dealkylation sites (N-methyl/N-ethyl adjacent to an activating group) is 1. The number of carbonyl (C=O) groups excluding carboxylic acids is 1. The van der Waals surface area contributed by atoms with Crippen LogP contribution in [-0.2, 0) is 0 Å². The molecule has 1 rings (SSSR count). The number of nitrogens with two attached hydrogens (primary N) is 1. The fourth-order valence-corrected chi connectivity index (χ4v) is 1.32. The van der Waals surface area contributed by atoms with Gasteiger partial charge in [-0.05, 0) is 22.9 Å². The third-order valence-corrected chi connectivity index (χ3v) is 2.55. The van der Waals surface area contributed by atoms with E-state index in [9.17, 15) is 4.79 Å². The quantitative estimate of drug-likeness (QED) is 0.896. The summed E-state index contributed by atoms with van der Waals surface area (Å²) in [5.74, 6) is -0.0857. The summed E-state index contributed by atoms with van der Waals surface area (Å²) < 4.78 is 5.54. The standard InChI is InChI=1S/C9H13BrN2O2/c1-6(4-11)12(2)9(13)7-3-8(10)14-5-7/h3,5-6H,4,11H2,1-2H3. The molecule has 2 N–H and O–H groups in total. The van der Waals surface area contributed by atoms with Gasteiger partial charge < -0.3 is 15.1 Å². The maximum absolute atomic E-state index is 11.7. The monoisotopic (exact) mass is 260 g/mol. The van der Waals surface area contributed by atoms with Crippen LogP contribution in [0.4, 0.5) is 0 Å². The Morgan fingerprint density at radius 1 is 1.79 bits per heavy atom. The van der Waals surface area contributed by atoms with E-state index >= 15 is 0 Å². The van der Waals surface area contributed by atoms with Gasteiger partial charge in [-0.1, -0.05) is 0 Å². The number of hydrogen-bond acceptors (Lipinski definition) is 3. The van der Waals surface area contributed by atoms with Crippen molar-refractivity contribution in [3.63, 3.8) is 0 Å². The van der Waals surface area contributed by atoms with E-state index < -0.39 is 0 Å². The number of nitrogens with zero attached hydrogens (tertiary/aromatic N) is 1. The molecule has 0 aromatic carbocycles. The average molecular weight is 261 g/mol. The van der Waals surface area contributed by atoms with Crippen LogP contribution >= 0.6 is 15.9 Å². The van der Waals surface area contributed by atoms with Crippen molar-refractivity contribution in [2.75, 3.05) is 13.6 Å². The normalized spacial score (nSPS) is 12.6. The summed E-state index contributed by atoms with van der Waals surface area (Å²) in [4.78, 5) is 13.3. The van der Waals surface area contributed by atoms with Crippen LogP contribution in [0.1, 0.15) is 17.3 Å². The van der Waals surface area contributed by atoms with Gasteiger partial charge in [-0.25, -0.2) is 0 Å². The summed E-state index contributed by atoms with van der Waals surface area (Å²) in [6.07, 6.45) is 1.42. The lowest BCUT2D eigenvalue weighted by Gasteiger charge is -2.22. The minimum Gasteiger partial charge on any atom is -0.457 e. The van der Waals surface area contributed by atoms with E-state index in [1.807, 2.05) is 6.92 Å². The Bertz CT molecular complexity index is 324. The van der Waals surface area contributed by atoms with Gasteiger partial charge in [0.1, 0.15) is 6.26 Å². The Morgan fingerprint density at radius 3 is 2.86 bits per heavy atom. The minimum absolute atomic E-state index is 0.0242. The van der Waals surface area contributed by atoms with Crippen LogP contribution in [0.15, 0.2) is 21.4 Å². The van der Waals surface area contributed by atoms with Gasteiger partial charge in [-0.15, -0.1) is 0 Å². The van der Waals surface area contributed by atoms with E-state index in [1.165, 1.54) is 6.26 Å². The van der Waals surface area contributed by atoms with Crippen molar-refractivity contribution < 1.29 is 9.21 Å². The first-order chi connectivity index (χ1) is 6.56. The second-order valence-corrected chi connectivity index (χ2v) is 3.92. The molecule has 1 aromatic heterocycles. The van der Waals surface area contributed by atoms with Crippen molar-refractivity contribution in [3.8, 4) is 0 Å². The maximum atomic E-state index is 11.7. The molecule has 1 unspecified atom stereocenters. The minimum atomic E-state index is -0.0857. The van der Waals surface area contributed by atoms with Gasteiger partial charge >= 0.3 is 0 Å². The third-order valence-electron chi connectivity index (χ3n) is 2.14. The number of amides is 1. The Hall–Kier alpha value is -0.810. The lowest BCUT2D eigenvalue weighted by atomic mass is 10.2. The van der Waals surface area contributed by atoms with E-state index in [4.69, 9.17) is 10.2 Å². The third kappa shape index (κ3) is 2.36. The molecule has 0 aliphatic carbocycles. The zero-order chi connectivity index (χ0) is 10.7. The molecular formula is C9H13BrN2O2. The highest BCUT2D eigenvalue weighted by molar-refractivity contribution is 9.10.